The number of piperidine rings is 1. The molecule has 3 fully saturated rings. The van der Waals surface area contributed by atoms with Crippen LogP contribution in [0, 0.1) is 11.8 Å². The second-order valence-electron chi connectivity index (χ2n) is 11.2. The van der Waals surface area contributed by atoms with E-state index in [1.807, 2.05) is 0 Å². The standard InChI is InChI=1S/C28H37F2N5O2/c1-28(29,30)21-7-10-25-24(13-21)27(33-18-32-25)31-14-23(36)12-20-16-35(17-20)22-8-5-19(6-9-22)15-34-11-3-2-4-26(34)37/h7,10,13,18-20,22H,2-6,8-9,11-12,14-17H2,1H3,(H,31,32,33). The number of rotatable bonds is 9. The van der Waals surface area contributed by atoms with Crippen LogP contribution in [0.4, 0.5) is 14.6 Å². The van der Waals surface area contributed by atoms with Crippen molar-refractivity contribution in [2.75, 3.05) is 38.0 Å². The largest absolute Gasteiger partial charge is 0.362 e. The Kier molecular flexibility index (Phi) is 7.70. The van der Waals surface area contributed by atoms with E-state index in [0.29, 0.717) is 53.3 Å². The summed E-state index contributed by atoms with van der Waals surface area (Å²) in [6.45, 7) is 4.75. The van der Waals surface area contributed by atoms with Crippen LogP contribution in [0.25, 0.3) is 10.9 Å². The molecular formula is C28H37F2N5O2. The molecule has 0 radical (unpaired) electrons. The van der Waals surface area contributed by atoms with Crippen molar-refractivity contribution in [1.29, 1.82) is 0 Å². The zero-order valence-corrected chi connectivity index (χ0v) is 21.6. The normalized spacial score (nSPS) is 23.8. The number of Topliss-reactive ketones (excluding diaryl/α,β-unsaturated/α-hetero) is 1. The maximum absolute atomic E-state index is 13.8. The van der Waals surface area contributed by atoms with Crippen molar-refractivity contribution in [3.8, 4) is 0 Å². The number of benzene rings is 1. The van der Waals surface area contributed by atoms with Crippen LogP contribution < -0.4 is 5.32 Å². The molecule has 3 aliphatic rings. The Balaban J connectivity index is 1.04. The number of nitrogens with zero attached hydrogens (tertiary/aromatic N) is 4. The van der Waals surface area contributed by atoms with E-state index in [9.17, 15) is 18.4 Å². The lowest BCUT2D eigenvalue weighted by Gasteiger charge is -2.47. The second kappa shape index (κ2) is 11.0. The summed E-state index contributed by atoms with van der Waals surface area (Å²) in [6.07, 6.45) is 9.48. The number of carbonyl (C=O) groups is 2. The molecule has 1 amide bonds. The number of halogens is 2. The summed E-state index contributed by atoms with van der Waals surface area (Å²) in [5.74, 6) is -1.13. The molecule has 0 spiro atoms. The third-order valence-corrected chi connectivity index (χ3v) is 8.33. The van der Waals surface area contributed by atoms with E-state index in [2.05, 4.69) is 25.1 Å². The number of alkyl halides is 2. The molecule has 0 atom stereocenters. The summed E-state index contributed by atoms with van der Waals surface area (Å²) in [5, 5.41) is 3.54. The van der Waals surface area contributed by atoms with Crippen LogP contribution in [-0.4, -0.2) is 70.2 Å². The van der Waals surface area contributed by atoms with Crippen molar-refractivity contribution in [2.45, 2.75) is 70.3 Å². The number of likely N-dealkylation sites (tertiary alicyclic amines) is 2. The number of anilines is 1. The van der Waals surface area contributed by atoms with Crippen molar-refractivity contribution in [3.63, 3.8) is 0 Å². The Morgan fingerprint density at radius 1 is 1.11 bits per heavy atom. The van der Waals surface area contributed by atoms with Gasteiger partial charge in [-0.2, -0.15) is 0 Å². The van der Waals surface area contributed by atoms with Crippen molar-refractivity contribution >= 4 is 28.4 Å². The van der Waals surface area contributed by atoms with Gasteiger partial charge in [-0.05, 0) is 62.5 Å². The highest BCUT2D eigenvalue weighted by Gasteiger charge is 2.36. The second-order valence-corrected chi connectivity index (χ2v) is 11.2. The highest BCUT2D eigenvalue weighted by molar-refractivity contribution is 5.91. The van der Waals surface area contributed by atoms with Crippen molar-refractivity contribution in [1.82, 2.24) is 19.8 Å². The summed E-state index contributed by atoms with van der Waals surface area (Å²) in [4.78, 5) is 37.7. The lowest BCUT2D eigenvalue weighted by molar-refractivity contribution is -0.134. The summed E-state index contributed by atoms with van der Waals surface area (Å²) < 4.78 is 27.6. The minimum atomic E-state index is -2.96. The van der Waals surface area contributed by atoms with E-state index in [1.165, 1.54) is 44.1 Å². The maximum Gasteiger partial charge on any atom is 0.270 e. The molecule has 200 valence electrons. The number of fused-ring (bicyclic) bond motifs is 1. The maximum atomic E-state index is 13.8. The molecule has 2 aliphatic heterocycles. The first-order chi connectivity index (χ1) is 17.8. The van der Waals surface area contributed by atoms with E-state index in [0.717, 1.165) is 45.9 Å². The fourth-order valence-electron chi connectivity index (χ4n) is 6.14. The number of hydrogen-bond acceptors (Lipinski definition) is 6. The summed E-state index contributed by atoms with van der Waals surface area (Å²) in [5.41, 5.74) is 0.456. The van der Waals surface area contributed by atoms with Crippen molar-refractivity contribution in [2.24, 2.45) is 11.8 Å². The third-order valence-electron chi connectivity index (χ3n) is 8.33. The van der Waals surface area contributed by atoms with Crippen molar-refractivity contribution in [3.05, 3.63) is 30.1 Å². The lowest BCUT2D eigenvalue weighted by Crippen LogP contribution is -2.54. The number of nitrogens with one attached hydrogen (secondary N) is 1. The minimum Gasteiger partial charge on any atom is -0.362 e. The Morgan fingerprint density at radius 2 is 1.89 bits per heavy atom. The molecule has 2 saturated heterocycles. The molecule has 1 aromatic heterocycles. The van der Waals surface area contributed by atoms with Crippen LogP contribution in [0.3, 0.4) is 0 Å². The average molecular weight is 514 g/mol. The zero-order valence-electron chi connectivity index (χ0n) is 21.6. The molecule has 37 heavy (non-hydrogen) atoms. The number of aromatic nitrogens is 2. The molecule has 1 N–H and O–H groups in total. The molecule has 3 heterocycles. The van der Waals surface area contributed by atoms with Gasteiger partial charge in [0.05, 0.1) is 12.1 Å². The molecule has 0 bridgehead atoms. The zero-order chi connectivity index (χ0) is 26.0. The number of hydrogen-bond donors (Lipinski definition) is 1. The highest BCUT2D eigenvalue weighted by Crippen LogP contribution is 2.34. The van der Waals surface area contributed by atoms with Gasteiger partial charge >= 0.3 is 0 Å². The molecule has 1 saturated carbocycles. The molecule has 7 nitrogen and oxygen atoms in total. The quantitative estimate of drug-likeness (QED) is 0.527. The summed E-state index contributed by atoms with van der Waals surface area (Å²) in [6, 6.07) is 4.91. The monoisotopic (exact) mass is 513 g/mol. The molecular weight excluding hydrogens is 476 g/mol. The predicted octanol–water partition coefficient (Wildman–Crippen LogP) is 4.62. The van der Waals surface area contributed by atoms with Gasteiger partial charge in [0, 0.05) is 62.9 Å². The highest BCUT2D eigenvalue weighted by atomic mass is 19.3. The SMILES string of the molecule is CC(F)(F)c1ccc2ncnc(NCC(=O)CC3CN(C4CCC(CN5CCCCC5=O)CC4)C3)c2c1. The van der Waals surface area contributed by atoms with Gasteiger partial charge in [-0.15, -0.1) is 0 Å². The van der Waals surface area contributed by atoms with Crippen LogP contribution in [0.2, 0.25) is 0 Å². The number of carbonyl (C=O) groups excluding carboxylic acids is 2. The summed E-state index contributed by atoms with van der Waals surface area (Å²) >= 11 is 0. The van der Waals surface area contributed by atoms with Crippen LogP contribution >= 0.6 is 0 Å². The van der Waals surface area contributed by atoms with E-state index >= 15 is 0 Å². The van der Waals surface area contributed by atoms with E-state index < -0.39 is 5.92 Å². The average Bonchev–Trinajstić information content (AvgIpc) is 2.86. The third kappa shape index (κ3) is 6.25. The van der Waals surface area contributed by atoms with Gasteiger partial charge in [-0.1, -0.05) is 6.07 Å². The molecule has 5 rings (SSSR count). The minimum absolute atomic E-state index is 0.100. The Morgan fingerprint density at radius 3 is 2.62 bits per heavy atom. The fraction of sp³-hybridized carbons (Fsp3) is 0.643. The fourth-order valence-corrected chi connectivity index (χ4v) is 6.14. The van der Waals surface area contributed by atoms with E-state index in [-0.39, 0.29) is 17.9 Å². The first-order valence-electron chi connectivity index (χ1n) is 13.7. The Labute approximate surface area is 217 Å². The first kappa shape index (κ1) is 25.9. The van der Waals surface area contributed by atoms with E-state index in [1.54, 1.807) is 6.07 Å². The van der Waals surface area contributed by atoms with Crippen LogP contribution in [0.1, 0.15) is 63.9 Å². The topological polar surface area (TPSA) is 78.4 Å². The predicted molar refractivity (Wildman–Crippen MR) is 138 cm³/mol. The molecule has 0 unspecified atom stereocenters. The summed E-state index contributed by atoms with van der Waals surface area (Å²) in [7, 11) is 0. The molecule has 1 aliphatic carbocycles. The van der Waals surface area contributed by atoms with Gasteiger partial charge in [0.1, 0.15) is 12.1 Å². The van der Waals surface area contributed by atoms with Crippen LogP contribution in [-0.2, 0) is 15.5 Å². The number of ketones is 1. The van der Waals surface area contributed by atoms with Crippen LogP contribution in [0.15, 0.2) is 24.5 Å². The number of amides is 1. The molecule has 2 aromatic rings. The molecule has 1 aromatic carbocycles. The Bertz CT molecular complexity index is 1120. The van der Waals surface area contributed by atoms with Gasteiger partial charge in [0.25, 0.3) is 5.92 Å². The van der Waals surface area contributed by atoms with Gasteiger partial charge in [-0.3, -0.25) is 14.5 Å². The smallest absolute Gasteiger partial charge is 0.270 e. The lowest BCUT2D eigenvalue weighted by atomic mass is 9.82. The van der Waals surface area contributed by atoms with Gasteiger partial charge in [0.15, 0.2) is 5.78 Å². The van der Waals surface area contributed by atoms with Gasteiger partial charge in [-0.25, -0.2) is 18.7 Å². The van der Waals surface area contributed by atoms with Crippen LogP contribution in [0.5, 0.6) is 0 Å². The molecule has 9 heteroatoms. The Hall–Kier alpha value is -2.68. The van der Waals surface area contributed by atoms with Crippen molar-refractivity contribution < 1.29 is 18.4 Å². The van der Waals surface area contributed by atoms with Gasteiger partial charge in [0.2, 0.25) is 5.91 Å². The van der Waals surface area contributed by atoms with E-state index in [4.69, 9.17) is 0 Å². The first-order valence-corrected chi connectivity index (χ1v) is 13.7. The van der Waals surface area contributed by atoms with Gasteiger partial charge < -0.3 is 10.2 Å².